The average Bonchev–Trinajstić information content (AvgIpc) is 2.31. The number of alkyl halides is 1. The van der Waals surface area contributed by atoms with Gasteiger partial charge in [0, 0.05) is 10.4 Å². The SMILES string of the molecule is CCOC(=O)Cc1c(Cl)ccc(CBr)c1C#N. The zero-order valence-corrected chi connectivity index (χ0v) is 11.6. The maximum atomic E-state index is 11.4. The first-order chi connectivity index (χ1) is 8.13. The van der Waals surface area contributed by atoms with Crippen molar-refractivity contribution < 1.29 is 9.53 Å². The quantitative estimate of drug-likeness (QED) is 0.633. The normalized spacial score (nSPS) is 9.76. The van der Waals surface area contributed by atoms with E-state index in [1.165, 1.54) is 0 Å². The van der Waals surface area contributed by atoms with Gasteiger partial charge in [-0.05, 0) is 24.1 Å². The number of hydrogen-bond acceptors (Lipinski definition) is 3. The van der Waals surface area contributed by atoms with Crippen molar-refractivity contribution in [3.05, 3.63) is 33.8 Å². The topological polar surface area (TPSA) is 50.1 Å². The Kier molecular flexibility index (Phi) is 5.46. The molecule has 0 aromatic heterocycles. The number of esters is 1. The van der Waals surface area contributed by atoms with Crippen LogP contribution in [0.2, 0.25) is 5.02 Å². The summed E-state index contributed by atoms with van der Waals surface area (Å²) in [5.41, 5.74) is 1.79. The Hall–Kier alpha value is -1.05. The van der Waals surface area contributed by atoms with Gasteiger partial charge in [-0.3, -0.25) is 4.79 Å². The van der Waals surface area contributed by atoms with Crippen molar-refractivity contribution in [1.29, 1.82) is 5.26 Å². The molecule has 0 unspecified atom stereocenters. The molecule has 0 bridgehead atoms. The van der Waals surface area contributed by atoms with Crippen LogP contribution in [0.1, 0.15) is 23.6 Å². The van der Waals surface area contributed by atoms with Crippen LogP contribution in [0, 0.1) is 11.3 Å². The van der Waals surface area contributed by atoms with Gasteiger partial charge in [0.2, 0.25) is 0 Å². The van der Waals surface area contributed by atoms with Crippen LogP contribution in [0.3, 0.4) is 0 Å². The summed E-state index contributed by atoms with van der Waals surface area (Å²) in [5, 5.41) is 10.1. The Bertz CT molecular complexity index is 468. The number of rotatable bonds is 4. The largest absolute Gasteiger partial charge is 0.466 e. The molecule has 17 heavy (non-hydrogen) atoms. The predicted molar refractivity (Wildman–Crippen MR) is 69.1 cm³/mol. The molecule has 0 radical (unpaired) electrons. The van der Waals surface area contributed by atoms with Crippen LogP contribution < -0.4 is 0 Å². The first-order valence-electron chi connectivity index (χ1n) is 5.06. The van der Waals surface area contributed by atoms with Gasteiger partial charge in [-0.15, -0.1) is 0 Å². The molecular formula is C12H11BrClNO2. The first kappa shape index (κ1) is 14.0. The van der Waals surface area contributed by atoms with Gasteiger partial charge in [0.1, 0.15) is 0 Å². The van der Waals surface area contributed by atoms with E-state index in [4.69, 9.17) is 21.6 Å². The molecule has 0 amide bonds. The Morgan fingerprint density at radius 1 is 1.59 bits per heavy atom. The van der Waals surface area contributed by atoms with E-state index in [1.807, 2.05) is 0 Å². The molecule has 5 heteroatoms. The molecule has 0 atom stereocenters. The molecule has 0 aliphatic heterocycles. The Morgan fingerprint density at radius 3 is 2.82 bits per heavy atom. The van der Waals surface area contributed by atoms with Gasteiger partial charge in [0.05, 0.1) is 24.7 Å². The van der Waals surface area contributed by atoms with Crippen molar-refractivity contribution >= 4 is 33.5 Å². The average molecular weight is 317 g/mol. The van der Waals surface area contributed by atoms with E-state index >= 15 is 0 Å². The summed E-state index contributed by atoms with van der Waals surface area (Å²) in [7, 11) is 0. The molecule has 0 N–H and O–H groups in total. The predicted octanol–water partition coefficient (Wildman–Crippen LogP) is 3.21. The zero-order valence-electron chi connectivity index (χ0n) is 9.30. The number of nitrogens with zero attached hydrogens (tertiary/aromatic N) is 1. The van der Waals surface area contributed by atoms with Gasteiger partial charge in [0.15, 0.2) is 0 Å². The minimum atomic E-state index is -0.377. The second-order valence-electron chi connectivity index (χ2n) is 3.29. The lowest BCUT2D eigenvalue weighted by molar-refractivity contribution is -0.142. The maximum absolute atomic E-state index is 11.4. The molecule has 0 saturated carbocycles. The second-order valence-corrected chi connectivity index (χ2v) is 4.26. The summed E-state index contributed by atoms with van der Waals surface area (Å²) in [4.78, 5) is 11.4. The molecule has 1 aromatic carbocycles. The molecule has 0 aliphatic carbocycles. The third-order valence-electron chi connectivity index (χ3n) is 2.22. The minimum Gasteiger partial charge on any atom is -0.466 e. The standard InChI is InChI=1S/C12H11BrClNO2/c1-2-17-12(16)5-9-10(7-15)8(6-13)3-4-11(9)14/h3-4H,2,5-6H2,1H3. The number of carbonyl (C=O) groups excluding carboxylic acids is 1. The summed E-state index contributed by atoms with van der Waals surface area (Å²) >= 11 is 9.30. The van der Waals surface area contributed by atoms with Crippen LogP contribution in [0.5, 0.6) is 0 Å². The van der Waals surface area contributed by atoms with Gasteiger partial charge in [-0.25, -0.2) is 0 Å². The molecule has 90 valence electrons. The Balaban J connectivity index is 3.13. The van der Waals surface area contributed by atoms with E-state index in [2.05, 4.69) is 22.0 Å². The fourth-order valence-electron chi connectivity index (χ4n) is 1.45. The summed E-state index contributed by atoms with van der Waals surface area (Å²) in [5.74, 6) is -0.377. The first-order valence-corrected chi connectivity index (χ1v) is 6.55. The fourth-order valence-corrected chi connectivity index (χ4v) is 2.14. The molecule has 0 spiro atoms. The van der Waals surface area contributed by atoms with Gasteiger partial charge in [0.25, 0.3) is 0 Å². The summed E-state index contributed by atoms with van der Waals surface area (Å²) in [6.07, 6.45) is 0.0242. The lowest BCUT2D eigenvalue weighted by Crippen LogP contribution is -2.10. The third-order valence-corrected chi connectivity index (χ3v) is 3.18. The van der Waals surface area contributed by atoms with Crippen molar-refractivity contribution in [2.24, 2.45) is 0 Å². The van der Waals surface area contributed by atoms with Gasteiger partial charge < -0.3 is 4.74 Å². The van der Waals surface area contributed by atoms with Crippen LogP contribution in [-0.4, -0.2) is 12.6 Å². The zero-order chi connectivity index (χ0) is 12.8. The summed E-state index contributed by atoms with van der Waals surface area (Å²) in [6.45, 7) is 2.05. The van der Waals surface area contributed by atoms with Crippen molar-refractivity contribution in [2.75, 3.05) is 6.61 Å². The lowest BCUT2D eigenvalue weighted by Gasteiger charge is -2.09. The second kappa shape index (κ2) is 6.63. The van der Waals surface area contributed by atoms with Crippen LogP contribution in [-0.2, 0) is 21.3 Å². The highest BCUT2D eigenvalue weighted by molar-refractivity contribution is 9.08. The molecule has 0 heterocycles. The minimum absolute atomic E-state index is 0.0242. The van der Waals surface area contributed by atoms with E-state index < -0.39 is 0 Å². The highest BCUT2D eigenvalue weighted by Gasteiger charge is 2.15. The van der Waals surface area contributed by atoms with Gasteiger partial charge >= 0.3 is 5.97 Å². The van der Waals surface area contributed by atoms with Crippen LogP contribution in [0.4, 0.5) is 0 Å². The fraction of sp³-hybridized carbons (Fsp3) is 0.333. The number of nitriles is 1. The summed E-state index contributed by atoms with van der Waals surface area (Å²) in [6, 6.07) is 5.54. The van der Waals surface area contributed by atoms with E-state index in [1.54, 1.807) is 19.1 Å². The van der Waals surface area contributed by atoms with E-state index in [-0.39, 0.29) is 12.4 Å². The van der Waals surface area contributed by atoms with E-state index in [0.29, 0.717) is 28.1 Å². The van der Waals surface area contributed by atoms with E-state index in [9.17, 15) is 4.79 Å². The van der Waals surface area contributed by atoms with Crippen molar-refractivity contribution in [3.63, 3.8) is 0 Å². The number of halogens is 2. The van der Waals surface area contributed by atoms with Gasteiger partial charge in [-0.1, -0.05) is 33.6 Å². The van der Waals surface area contributed by atoms with Crippen molar-refractivity contribution in [2.45, 2.75) is 18.7 Å². The number of benzene rings is 1. The van der Waals surface area contributed by atoms with E-state index in [0.717, 1.165) is 5.56 Å². The molecule has 0 saturated heterocycles. The smallest absolute Gasteiger partial charge is 0.310 e. The molecule has 0 fully saturated rings. The number of hydrogen-bond donors (Lipinski definition) is 0. The highest BCUT2D eigenvalue weighted by Crippen LogP contribution is 2.25. The third kappa shape index (κ3) is 3.45. The molecule has 1 rings (SSSR count). The van der Waals surface area contributed by atoms with Crippen LogP contribution >= 0.6 is 27.5 Å². The molecule has 1 aromatic rings. The highest BCUT2D eigenvalue weighted by atomic mass is 79.9. The van der Waals surface area contributed by atoms with Crippen molar-refractivity contribution in [1.82, 2.24) is 0 Å². The number of ether oxygens (including phenoxy) is 1. The van der Waals surface area contributed by atoms with Crippen LogP contribution in [0.25, 0.3) is 0 Å². The molecule has 3 nitrogen and oxygen atoms in total. The van der Waals surface area contributed by atoms with Gasteiger partial charge in [-0.2, -0.15) is 5.26 Å². The molecular weight excluding hydrogens is 305 g/mol. The number of carbonyl (C=O) groups is 1. The summed E-state index contributed by atoms with van der Waals surface area (Å²) < 4.78 is 4.86. The monoisotopic (exact) mass is 315 g/mol. The Morgan fingerprint density at radius 2 is 2.29 bits per heavy atom. The van der Waals surface area contributed by atoms with Crippen LogP contribution in [0.15, 0.2) is 12.1 Å². The molecule has 0 aliphatic rings. The maximum Gasteiger partial charge on any atom is 0.310 e. The lowest BCUT2D eigenvalue weighted by atomic mass is 10.0. The van der Waals surface area contributed by atoms with Crippen molar-refractivity contribution in [3.8, 4) is 6.07 Å². The Labute approximate surface area is 113 Å².